The third-order valence-corrected chi connectivity index (χ3v) is 2.89. The summed E-state index contributed by atoms with van der Waals surface area (Å²) in [6, 6.07) is 7.10. The van der Waals surface area contributed by atoms with Crippen LogP contribution < -0.4 is 4.74 Å². The Balaban J connectivity index is 2.47. The number of nitrogens with zero attached hydrogens (tertiary/aromatic N) is 2. The zero-order chi connectivity index (χ0) is 13.1. The Bertz CT molecular complexity index is 562. The van der Waals surface area contributed by atoms with Crippen molar-refractivity contribution in [1.29, 1.82) is 0 Å². The molecule has 0 radical (unpaired) electrons. The third kappa shape index (κ3) is 2.44. The summed E-state index contributed by atoms with van der Waals surface area (Å²) in [5.74, 6) is 1.08. The van der Waals surface area contributed by atoms with Gasteiger partial charge < -0.3 is 4.74 Å². The molecule has 1 heterocycles. The van der Waals surface area contributed by atoms with Crippen molar-refractivity contribution >= 4 is 29.5 Å². The molecule has 0 aliphatic rings. The van der Waals surface area contributed by atoms with Crippen LogP contribution in [0.15, 0.2) is 24.3 Å². The molecular formula is C12H8Cl2N2O2. The standard InChI is InChI=1S/C12H8Cl2N2O2/c1-18-8-4-2-7(3-5-8)12-15-10(13)9(6-17)11(14)16-12/h2-6H,1H3. The van der Waals surface area contributed by atoms with Crippen molar-refractivity contribution in [1.82, 2.24) is 9.97 Å². The smallest absolute Gasteiger partial charge is 0.162 e. The average molecular weight is 283 g/mol. The highest BCUT2D eigenvalue weighted by molar-refractivity contribution is 6.37. The lowest BCUT2D eigenvalue weighted by molar-refractivity contribution is 0.112. The summed E-state index contributed by atoms with van der Waals surface area (Å²) in [6.07, 6.45) is 0.530. The Morgan fingerprint density at radius 1 is 1.11 bits per heavy atom. The van der Waals surface area contributed by atoms with Crippen LogP contribution >= 0.6 is 23.2 Å². The van der Waals surface area contributed by atoms with E-state index < -0.39 is 0 Å². The Kier molecular flexibility index (Phi) is 3.79. The predicted molar refractivity (Wildman–Crippen MR) is 69.4 cm³/mol. The molecule has 0 aliphatic heterocycles. The van der Waals surface area contributed by atoms with Crippen LogP contribution in [0, 0.1) is 0 Å². The lowest BCUT2D eigenvalue weighted by Gasteiger charge is -2.05. The fourth-order valence-electron chi connectivity index (χ4n) is 1.38. The Hall–Kier alpha value is -1.65. The summed E-state index contributed by atoms with van der Waals surface area (Å²) in [6.45, 7) is 0. The Labute approximate surface area is 114 Å². The van der Waals surface area contributed by atoms with Crippen molar-refractivity contribution in [2.45, 2.75) is 0 Å². The van der Waals surface area contributed by atoms with Gasteiger partial charge in [-0.2, -0.15) is 0 Å². The number of carbonyl (C=O) groups excluding carboxylic acids is 1. The van der Waals surface area contributed by atoms with E-state index in [0.29, 0.717) is 12.1 Å². The van der Waals surface area contributed by atoms with Crippen molar-refractivity contribution in [3.63, 3.8) is 0 Å². The summed E-state index contributed by atoms with van der Waals surface area (Å²) < 4.78 is 5.05. The first-order valence-electron chi connectivity index (χ1n) is 4.98. The molecule has 18 heavy (non-hydrogen) atoms. The molecule has 1 aromatic heterocycles. The first kappa shape index (κ1) is 12.8. The van der Waals surface area contributed by atoms with Gasteiger partial charge in [0.2, 0.25) is 0 Å². The van der Waals surface area contributed by atoms with E-state index in [0.717, 1.165) is 11.3 Å². The SMILES string of the molecule is COc1ccc(-c2nc(Cl)c(C=O)c(Cl)n2)cc1. The second-order valence-electron chi connectivity index (χ2n) is 3.39. The van der Waals surface area contributed by atoms with Gasteiger partial charge in [-0.25, -0.2) is 9.97 Å². The fourth-order valence-corrected chi connectivity index (χ4v) is 1.86. The molecule has 0 amide bonds. The predicted octanol–water partition coefficient (Wildman–Crippen LogP) is 3.27. The van der Waals surface area contributed by atoms with E-state index in [9.17, 15) is 4.79 Å². The van der Waals surface area contributed by atoms with Crippen LogP contribution in [-0.4, -0.2) is 23.4 Å². The Morgan fingerprint density at radius 3 is 2.11 bits per heavy atom. The molecular weight excluding hydrogens is 275 g/mol. The minimum absolute atomic E-state index is 0.0378. The van der Waals surface area contributed by atoms with Crippen molar-refractivity contribution in [3.05, 3.63) is 40.1 Å². The number of aromatic nitrogens is 2. The van der Waals surface area contributed by atoms with Gasteiger partial charge in [0.1, 0.15) is 16.1 Å². The van der Waals surface area contributed by atoms with Gasteiger partial charge in [0.25, 0.3) is 0 Å². The number of benzene rings is 1. The van der Waals surface area contributed by atoms with Gasteiger partial charge in [-0.1, -0.05) is 23.2 Å². The van der Waals surface area contributed by atoms with Gasteiger partial charge in [0, 0.05) is 5.56 Å². The van der Waals surface area contributed by atoms with Crippen molar-refractivity contribution in [3.8, 4) is 17.1 Å². The molecule has 0 N–H and O–H groups in total. The first-order valence-corrected chi connectivity index (χ1v) is 5.74. The number of halogens is 2. The van der Waals surface area contributed by atoms with Crippen LogP contribution in [-0.2, 0) is 0 Å². The molecule has 2 rings (SSSR count). The summed E-state index contributed by atoms with van der Waals surface area (Å²) in [5, 5.41) is 0.0756. The molecule has 0 fully saturated rings. The molecule has 0 saturated carbocycles. The Morgan fingerprint density at radius 2 is 1.67 bits per heavy atom. The molecule has 0 bridgehead atoms. The van der Waals surface area contributed by atoms with Gasteiger partial charge >= 0.3 is 0 Å². The molecule has 0 unspecified atom stereocenters. The van der Waals surface area contributed by atoms with E-state index >= 15 is 0 Å². The van der Waals surface area contributed by atoms with Gasteiger partial charge in [0.15, 0.2) is 12.1 Å². The summed E-state index contributed by atoms with van der Waals surface area (Å²) in [7, 11) is 1.58. The molecule has 92 valence electrons. The summed E-state index contributed by atoms with van der Waals surface area (Å²) in [5.41, 5.74) is 0.827. The van der Waals surface area contributed by atoms with E-state index in [-0.39, 0.29) is 15.9 Å². The van der Waals surface area contributed by atoms with Crippen LogP contribution in [0.4, 0.5) is 0 Å². The van der Waals surface area contributed by atoms with E-state index in [4.69, 9.17) is 27.9 Å². The van der Waals surface area contributed by atoms with Gasteiger partial charge in [-0.3, -0.25) is 4.79 Å². The van der Waals surface area contributed by atoms with Crippen molar-refractivity contribution < 1.29 is 9.53 Å². The number of hydrogen-bond donors (Lipinski definition) is 0. The van der Waals surface area contributed by atoms with Crippen LogP contribution in [0.2, 0.25) is 10.3 Å². The molecule has 0 atom stereocenters. The lowest BCUT2D eigenvalue weighted by Crippen LogP contribution is -1.96. The molecule has 2 aromatic rings. The number of rotatable bonds is 3. The fraction of sp³-hybridized carbons (Fsp3) is 0.0833. The minimum atomic E-state index is 0.0378. The normalized spacial score (nSPS) is 10.2. The second-order valence-corrected chi connectivity index (χ2v) is 4.10. The van der Waals surface area contributed by atoms with Gasteiger partial charge in [-0.05, 0) is 24.3 Å². The first-order chi connectivity index (χ1) is 8.65. The summed E-state index contributed by atoms with van der Waals surface area (Å²) >= 11 is 11.7. The molecule has 0 spiro atoms. The highest BCUT2D eigenvalue weighted by Gasteiger charge is 2.12. The van der Waals surface area contributed by atoms with Crippen molar-refractivity contribution in [2.24, 2.45) is 0 Å². The van der Waals surface area contributed by atoms with Gasteiger partial charge in [-0.15, -0.1) is 0 Å². The maximum absolute atomic E-state index is 10.7. The third-order valence-electron chi connectivity index (χ3n) is 2.32. The van der Waals surface area contributed by atoms with Gasteiger partial charge in [0.05, 0.1) is 12.7 Å². The molecule has 0 aliphatic carbocycles. The lowest BCUT2D eigenvalue weighted by atomic mass is 10.2. The second kappa shape index (κ2) is 5.33. The zero-order valence-electron chi connectivity index (χ0n) is 9.35. The minimum Gasteiger partial charge on any atom is -0.497 e. The number of aldehydes is 1. The van der Waals surface area contributed by atoms with Crippen LogP contribution in [0.25, 0.3) is 11.4 Å². The highest BCUT2D eigenvalue weighted by atomic mass is 35.5. The highest BCUT2D eigenvalue weighted by Crippen LogP contribution is 2.25. The van der Waals surface area contributed by atoms with Crippen LogP contribution in [0.1, 0.15) is 10.4 Å². The molecule has 0 saturated heterocycles. The van der Waals surface area contributed by atoms with E-state index in [2.05, 4.69) is 9.97 Å². The van der Waals surface area contributed by atoms with E-state index in [1.165, 1.54) is 0 Å². The van der Waals surface area contributed by atoms with Crippen molar-refractivity contribution in [2.75, 3.05) is 7.11 Å². The number of ether oxygens (including phenoxy) is 1. The topological polar surface area (TPSA) is 52.1 Å². The maximum Gasteiger partial charge on any atom is 0.162 e. The monoisotopic (exact) mass is 282 g/mol. The van der Waals surface area contributed by atoms with E-state index in [1.807, 2.05) is 0 Å². The van der Waals surface area contributed by atoms with Crippen LogP contribution in [0.3, 0.4) is 0 Å². The molecule has 4 nitrogen and oxygen atoms in total. The number of methoxy groups -OCH3 is 1. The molecule has 6 heteroatoms. The van der Waals surface area contributed by atoms with E-state index in [1.54, 1.807) is 31.4 Å². The zero-order valence-corrected chi connectivity index (χ0v) is 10.9. The largest absolute Gasteiger partial charge is 0.497 e. The average Bonchev–Trinajstić information content (AvgIpc) is 2.38. The number of hydrogen-bond acceptors (Lipinski definition) is 4. The molecule has 1 aromatic carbocycles. The summed E-state index contributed by atoms with van der Waals surface area (Å²) in [4.78, 5) is 18.8. The van der Waals surface area contributed by atoms with Crippen LogP contribution in [0.5, 0.6) is 5.75 Å². The maximum atomic E-state index is 10.7. The number of carbonyl (C=O) groups is 1. The quantitative estimate of drug-likeness (QED) is 0.640.